The van der Waals surface area contributed by atoms with E-state index >= 15 is 0 Å². The number of pyridine rings is 1. The Labute approximate surface area is 721 Å². The molecule has 0 N–H and O–H groups in total. The van der Waals surface area contributed by atoms with Crippen molar-refractivity contribution in [1.29, 1.82) is 0 Å². The molecule has 8 heteroatoms. The molecule has 8 fully saturated rings. The summed E-state index contributed by atoms with van der Waals surface area (Å²) < 4.78 is 167. The van der Waals surface area contributed by atoms with E-state index in [1.165, 1.54) is 69.5 Å². The van der Waals surface area contributed by atoms with Gasteiger partial charge in [-0.2, -0.15) is 0 Å². The van der Waals surface area contributed by atoms with E-state index in [4.69, 9.17) is 28.0 Å². The van der Waals surface area contributed by atoms with E-state index in [-0.39, 0.29) is 35.0 Å². The summed E-state index contributed by atoms with van der Waals surface area (Å²) in [5, 5.41) is 3.94. The monoisotopic (exact) mass is 1570 g/mol. The molecule has 0 amide bonds. The number of aromatic nitrogens is 1. The van der Waals surface area contributed by atoms with E-state index in [1.54, 1.807) is 24.9 Å². The molecule has 11 atom stereocenters. The number of hydrogen-bond donors (Lipinski definition) is 0. The van der Waals surface area contributed by atoms with E-state index in [1.807, 2.05) is 163 Å². The van der Waals surface area contributed by atoms with Gasteiger partial charge in [-0.3, -0.25) is 0 Å². The van der Waals surface area contributed by atoms with Crippen LogP contribution in [-0.2, 0) is 10.8 Å². The van der Waals surface area contributed by atoms with Crippen LogP contribution in [0, 0.1) is 80.0 Å². The van der Waals surface area contributed by atoms with Gasteiger partial charge in [0.1, 0.15) is 17.0 Å². The van der Waals surface area contributed by atoms with Crippen molar-refractivity contribution in [2.75, 3.05) is 24.5 Å². The second-order valence-electron chi connectivity index (χ2n) is 38.7. The largest absolute Gasteiger partial charge is 0.454 e. The highest BCUT2D eigenvalue weighted by atomic mass is 16.3. The molecule has 8 aromatic carbocycles. The van der Waals surface area contributed by atoms with Crippen LogP contribution in [0.3, 0.4) is 0 Å². The van der Waals surface area contributed by atoms with Crippen LogP contribution in [0.25, 0.3) is 43.9 Å². The number of fused-ring (bicyclic) bond motifs is 12. The third-order valence-electron chi connectivity index (χ3n) is 30.5. The molecule has 3 spiro atoms. The number of nitrogens with zero attached hydrogens (tertiary/aromatic N) is 6. The first-order valence-corrected chi connectivity index (χ1v) is 43.5. The highest BCUT2D eigenvalue weighted by Crippen LogP contribution is 2.82. The molecule has 8 heterocycles. The average Bonchev–Trinajstić information content (AvgIpc) is 1.41. The predicted molar refractivity (Wildman–Crippen MR) is 493 cm³/mol. The number of hydrogen-bond acceptors (Lipinski definition) is 8. The molecule has 11 aromatic rings. The first-order valence-electron chi connectivity index (χ1n) is 52.5. The molecule has 5 aliphatic heterocycles. The maximum absolute atomic E-state index is 9.70. The van der Waals surface area contributed by atoms with Crippen LogP contribution in [0.5, 0.6) is 0 Å². The average molecular weight is 1570 g/mol. The predicted octanol–water partition coefficient (Wildman–Crippen LogP) is 29.1. The normalized spacial score (nSPS) is 34.2. The van der Waals surface area contributed by atoms with Crippen molar-refractivity contribution in [3.8, 4) is 0 Å². The zero-order valence-corrected chi connectivity index (χ0v) is 72.1. The fourth-order valence-corrected chi connectivity index (χ4v) is 25.1. The van der Waals surface area contributed by atoms with Crippen LogP contribution in [0.2, 0.25) is 0 Å². The molecule has 5 saturated carbocycles. The number of para-hydroxylation sites is 6. The van der Waals surface area contributed by atoms with Gasteiger partial charge in [-0.05, 0) is 296 Å². The number of furan rings is 2. The van der Waals surface area contributed by atoms with Crippen LogP contribution < -0.4 is 24.5 Å². The van der Waals surface area contributed by atoms with Crippen molar-refractivity contribution >= 4 is 83.8 Å². The molecule has 3 aromatic heterocycles. The Morgan fingerprint density at radius 1 is 0.397 bits per heavy atom. The SMILES string of the molecule is [2H]C([2H])([2H])C1(C([2H])([2H])[2H])C(C)N(c2c(C)ccc3c2oc2ccccc23)C(C)(C)C1([2H])[2H].[2H]C([2H])([2H])C1(C)c2ccccc2N(c2ccccc2C)C1C.[2H]C([2H])([2H])C1(C)c2cccnc2N(c2ccccc2C)C1C.[2H]C1([2H])C2(C(C)N(c3ccccc3C)C1(C)C)C1CCC3CC4CCC2C1(C3)C4.[2H]C1([2H])C2(CCCCC2)C(C)N(c2c(C)ccc3c2oc2ccccc23)C1(C)C. The van der Waals surface area contributed by atoms with E-state index in [2.05, 4.69) is 148 Å². The molecular weight excluding hydrogens is 1410 g/mol. The lowest BCUT2D eigenvalue weighted by molar-refractivity contribution is -0.277. The fourth-order valence-electron chi connectivity index (χ4n) is 25.1. The zero-order chi connectivity index (χ0) is 97.3. The minimum Gasteiger partial charge on any atom is -0.454 e. The lowest BCUT2D eigenvalue weighted by atomic mass is 9.27. The maximum atomic E-state index is 9.70. The molecule has 0 radical (unpaired) electrons. The third-order valence-corrected chi connectivity index (χ3v) is 30.5. The van der Waals surface area contributed by atoms with E-state index in [0.717, 1.165) is 132 Å². The Bertz CT molecular complexity index is 6150. The third kappa shape index (κ3) is 12.6. The van der Waals surface area contributed by atoms with Gasteiger partial charge in [0.05, 0.1) is 11.4 Å². The van der Waals surface area contributed by atoms with Crippen molar-refractivity contribution in [2.24, 2.45) is 45.3 Å². The number of benzene rings is 8. The first-order chi connectivity index (χ1) is 62.5. The molecule has 3 bridgehead atoms. The highest BCUT2D eigenvalue weighted by molar-refractivity contribution is 6.11. The van der Waals surface area contributed by atoms with Gasteiger partial charge < -0.3 is 33.3 Å². The molecule has 116 heavy (non-hydrogen) atoms. The van der Waals surface area contributed by atoms with Crippen LogP contribution >= 0.6 is 0 Å². The summed E-state index contributed by atoms with van der Waals surface area (Å²) >= 11 is 0. The standard InChI is InChI=1S/C26H37N.C25H31NO.C22H27NO.C18H21N.C17H20N2/c1-17-7-5-6-8-21(17)27-18(2)26(16-24(27,3)4)22-11-9-19-13-20-10-12-23(26)25(22,14-19)15-20;1-17-12-13-20-19-10-6-7-11-21(19)27-23(20)22(17)26-18(2)25(16-24(26,3)4)14-8-5-9-15-25;1-14-11-12-17-16-9-7-8-10-18(16)24-20(17)19(14)23-15(2)21(3,4)13-22(23,5)6;1-13-9-5-7-11-16(13)19-14(2)18(3,4)15-10-6-8-12-17(15)19;1-12-8-5-6-10-15(12)19-13(2)17(3,4)14-9-7-11-18-16(14)19/h5-8,18-20,22-23H,9-16H2,1-4H3;6-7,10-13,18H,5,8-9,14-16H2,1-4H3;7-12,15H,13H2,1-6H3;5-12,14H,1-4H3;5-11,13H,1-4H3/i2*16D2;3D3,4D3,13D2;2*3D3. The van der Waals surface area contributed by atoms with Crippen LogP contribution in [-0.4, -0.2) is 51.8 Å². The van der Waals surface area contributed by atoms with Gasteiger partial charge in [0, 0.05) is 138 Å². The molecule has 11 unspecified atom stereocenters. The maximum Gasteiger partial charge on any atom is 0.158 e. The van der Waals surface area contributed by atoms with Gasteiger partial charge in [-0.1, -0.05) is 213 Å². The molecule has 5 aliphatic carbocycles. The van der Waals surface area contributed by atoms with Crippen molar-refractivity contribution in [2.45, 2.75) is 306 Å². The topological polar surface area (TPSA) is 55.4 Å². The van der Waals surface area contributed by atoms with Crippen LogP contribution in [0.15, 0.2) is 197 Å². The van der Waals surface area contributed by atoms with E-state index < -0.39 is 85.4 Å². The smallest absolute Gasteiger partial charge is 0.158 e. The van der Waals surface area contributed by atoms with Gasteiger partial charge >= 0.3 is 0 Å². The Balaban J connectivity index is 0.000000117. The summed E-state index contributed by atoms with van der Waals surface area (Å²) in [4.78, 5) is 15.3. The number of rotatable bonds is 5. The Kier molecular flexibility index (Phi) is 15.2. The summed E-state index contributed by atoms with van der Waals surface area (Å²) in [5.74, 6) is 3.79. The van der Waals surface area contributed by atoms with Crippen molar-refractivity contribution in [1.82, 2.24) is 4.98 Å². The van der Waals surface area contributed by atoms with Gasteiger partial charge in [0.2, 0.25) is 0 Å². The van der Waals surface area contributed by atoms with Crippen LogP contribution in [0.4, 0.5) is 39.9 Å². The van der Waals surface area contributed by atoms with Gasteiger partial charge in [-0.25, -0.2) is 4.98 Å². The van der Waals surface area contributed by atoms with E-state index in [9.17, 15) is 5.48 Å². The molecule has 8 nitrogen and oxygen atoms in total. The Morgan fingerprint density at radius 3 is 1.39 bits per heavy atom. The highest BCUT2D eigenvalue weighted by Gasteiger charge is 2.78. The van der Waals surface area contributed by atoms with Gasteiger partial charge in [0.25, 0.3) is 0 Å². The summed E-state index contributed by atoms with van der Waals surface area (Å²) in [6.45, 7) is 25.5. The second-order valence-corrected chi connectivity index (χ2v) is 38.7. The van der Waals surface area contributed by atoms with Gasteiger partial charge in [0.15, 0.2) is 11.2 Å². The zero-order valence-electron chi connectivity index (χ0n) is 90.1. The molecule has 10 aliphatic rings. The first kappa shape index (κ1) is 60.9. The Hall–Kier alpha value is -8.49. The quantitative estimate of drug-likeness (QED) is 0.169. The minimum atomic E-state index is -3.08. The molecule has 610 valence electrons. The summed E-state index contributed by atoms with van der Waals surface area (Å²) in [6, 6.07) is 59.1. The summed E-state index contributed by atoms with van der Waals surface area (Å²) in [7, 11) is 0. The molecule has 3 saturated heterocycles. The Morgan fingerprint density at radius 2 is 0.853 bits per heavy atom. The van der Waals surface area contributed by atoms with E-state index in [0.29, 0.717) is 34.1 Å². The van der Waals surface area contributed by atoms with Crippen molar-refractivity contribution in [3.05, 3.63) is 227 Å². The lowest BCUT2D eigenvalue weighted by Gasteiger charge is -2.77. The number of anilines is 7. The number of aryl methyl sites for hydroxylation is 5. The summed E-state index contributed by atoms with van der Waals surface area (Å²) in [6.07, 6.45) is 11.6. The van der Waals surface area contributed by atoms with Crippen molar-refractivity contribution < 1.29 is 33.5 Å². The minimum absolute atomic E-state index is 0.116. The second kappa shape index (κ2) is 28.9. The fraction of sp³-hybridized carbons (Fsp3) is 0.509. The summed E-state index contributed by atoms with van der Waals surface area (Å²) in [5.41, 5.74) is 8.98. The van der Waals surface area contributed by atoms with Gasteiger partial charge in [-0.15, -0.1) is 0 Å². The van der Waals surface area contributed by atoms with Crippen molar-refractivity contribution in [3.63, 3.8) is 0 Å². The van der Waals surface area contributed by atoms with Crippen LogP contribution in [0.1, 0.15) is 277 Å². The molecular formula is C108H136N6O2. The molecule has 21 rings (SSSR count). The lowest BCUT2D eigenvalue weighted by Crippen LogP contribution is -2.72.